The normalized spacial score (nSPS) is 30.2. The maximum atomic E-state index is 11.9. The zero-order chi connectivity index (χ0) is 12.4. The third-order valence-corrected chi connectivity index (χ3v) is 4.29. The Morgan fingerprint density at radius 2 is 1.89 bits per heavy atom. The molecule has 2 saturated heterocycles. The third-order valence-electron chi connectivity index (χ3n) is 4.29. The fourth-order valence-electron chi connectivity index (χ4n) is 2.93. The fraction of sp³-hybridized carbons (Fsp3) is 0.923. The SMILES string of the molecule is O=C(NC1CC1)N1CCN(C2CCCNC2)CC1. The summed E-state index contributed by atoms with van der Waals surface area (Å²) in [6.07, 6.45) is 4.92. The number of carbonyl (C=O) groups is 1. The van der Waals surface area contributed by atoms with E-state index in [4.69, 9.17) is 0 Å². The van der Waals surface area contributed by atoms with Gasteiger partial charge < -0.3 is 15.5 Å². The van der Waals surface area contributed by atoms with Gasteiger partial charge in [-0.1, -0.05) is 0 Å². The Bertz CT molecular complexity index is 291. The smallest absolute Gasteiger partial charge is 0.317 e. The van der Waals surface area contributed by atoms with Gasteiger partial charge in [-0.2, -0.15) is 0 Å². The van der Waals surface area contributed by atoms with Crippen molar-refractivity contribution in [2.45, 2.75) is 37.8 Å². The van der Waals surface area contributed by atoms with Crippen molar-refractivity contribution in [2.75, 3.05) is 39.3 Å². The van der Waals surface area contributed by atoms with Crippen molar-refractivity contribution >= 4 is 6.03 Å². The topological polar surface area (TPSA) is 47.6 Å². The third kappa shape index (κ3) is 2.95. The molecular formula is C13H24N4O. The molecule has 1 saturated carbocycles. The van der Waals surface area contributed by atoms with Crippen LogP contribution in [0.3, 0.4) is 0 Å². The number of hydrogen-bond donors (Lipinski definition) is 2. The predicted molar refractivity (Wildman–Crippen MR) is 70.6 cm³/mol. The van der Waals surface area contributed by atoms with Crippen LogP contribution < -0.4 is 10.6 Å². The number of hydrogen-bond acceptors (Lipinski definition) is 3. The maximum Gasteiger partial charge on any atom is 0.317 e. The standard InChI is InChI=1S/C13H24N4O/c18-13(15-11-3-4-11)17-8-6-16(7-9-17)12-2-1-5-14-10-12/h11-12,14H,1-10H2,(H,15,18). The predicted octanol–water partition coefficient (Wildman–Crippen LogP) is 0.228. The summed E-state index contributed by atoms with van der Waals surface area (Å²) in [5, 5.41) is 6.54. The highest BCUT2D eigenvalue weighted by molar-refractivity contribution is 5.75. The molecule has 5 nitrogen and oxygen atoms in total. The quantitative estimate of drug-likeness (QED) is 0.739. The summed E-state index contributed by atoms with van der Waals surface area (Å²) in [6.45, 7) is 6.12. The van der Waals surface area contributed by atoms with E-state index < -0.39 is 0 Å². The molecule has 0 aromatic heterocycles. The molecule has 0 aromatic carbocycles. The molecule has 0 aromatic rings. The summed E-state index contributed by atoms with van der Waals surface area (Å²) >= 11 is 0. The first kappa shape index (κ1) is 12.2. The Morgan fingerprint density at radius 1 is 1.11 bits per heavy atom. The van der Waals surface area contributed by atoms with E-state index in [1.807, 2.05) is 4.90 Å². The number of amides is 2. The Kier molecular flexibility index (Phi) is 3.70. The van der Waals surface area contributed by atoms with Gasteiger partial charge in [0.1, 0.15) is 0 Å². The summed E-state index contributed by atoms with van der Waals surface area (Å²) in [6, 6.07) is 1.31. The van der Waals surface area contributed by atoms with Crippen LogP contribution in [-0.4, -0.2) is 67.2 Å². The van der Waals surface area contributed by atoms with Gasteiger partial charge in [0, 0.05) is 44.8 Å². The van der Waals surface area contributed by atoms with E-state index in [1.54, 1.807) is 0 Å². The van der Waals surface area contributed by atoms with Crippen molar-refractivity contribution < 1.29 is 4.79 Å². The van der Waals surface area contributed by atoms with Crippen LogP contribution in [0.1, 0.15) is 25.7 Å². The Labute approximate surface area is 109 Å². The number of carbonyl (C=O) groups excluding carboxylic acids is 1. The minimum atomic E-state index is 0.152. The van der Waals surface area contributed by atoms with Gasteiger partial charge in [-0.3, -0.25) is 4.90 Å². The minimum Gasteiger partial charge on any atom is -0.335 e. The molecule has 0 radical (unpaired) electrons. The molecule has 2 N–H and O–H groups in total. The number of nitrogens with zero attached hydrogens (tertiary/aromatic N) is 2. The van der Waals surface area contributed by atoms with Gasteiger partial charge in [0.25, 0.3) is 0 Å². The molecule has 2 heterocycles. The van der Waals surface area contributed by atoms with Crippen molar-refractivity contribution in [1.29, 1.82) is 0 Å². The Hall–Kier alpha value is -0.810. The largest absolute Gasteiger partial charge is 0.335 e. The van der Waals surface area contributed by atoms with Gasteiger partial charge in [0.05, 0.1) is 0 Å². The molecule has 0 spiro atoms. The van der Waals surface area contributed by atoms with Crippen LogP contribution in [0.5, 0.6) is 0 Å². The average molecular weight is 252 g/mol. The average Bonchev–Trinajstić information content (AvgIpc) is 3.24. The molecule has 5 heteroatoms. The van der Waals surface area contributed by atoms with Crippen LogP contribution in [0, 0.1) is 0 Å². The van der Waals surface area contributed by atoms with E-state index in [0.29, 0.717) is 12.1 Å². The summed E-state index contributed by atoms with van der Waals surface area (Å²) in [7, 11) is 0. The van der Waals surface area contributed by atoms with Crippen LogP contribution in [0.2, 0.25) is 0 Å². The monoisotopic (exact) mass is 252 g/mol. The second-order valence-corrected chi connectivity index (χ2v) is 5.75. The van der Waals surface area contributed by atoms with Crippen molar-refractivity contribution in [3.05, 3.63) is 0 Å². The molecule has 3 aliphatic rings. The van der Waals surface area contributed by atoms with E-state index in [2.05, 4.69) is 15.5 Å². The number of piperazine rings is 1. The van der Waals surface area contributed by atoms with E-state index in [1.165, 1.54) is 32.2 Å². The lowest BCUT2D eigenvalue weighted by Gasteiger charge is -2.40. The van der Waals surface area contributed by atoms with Gasteiger partial charge in [0.15, 0.2) is 0 Å². The first-order valence-corrected chi connectivity index (χ1v) is 7.33. The van der Waals surface area contributed by atoms with E-state index >= 15 is 0 Å². The van der Waals surface area contributed by atoms with Crippen LogP contribution >= 0.6 is 0 Å². The lowest BCUT2D eigenvalue weighted by Crippen LogP contribution is -2.56. The van der Waals surface area contributed by atoms with Crippen LogP contribution in [-0.2, 0) is 0 Å². The van der Waals surface area contributed by atoms with E-state index in [-0.39, 0.29) is 6.03 Å². The molecule has 2 amide bonds. The van der Waals surface area contributed by atoms with Gasteiger partial charge in [0.2, 0.25) is 0 Å². The van der Waals surface area contributed by atoms with Gasteiger partial charge in [-0.05, 0) is 32.2 Å². The van der Waals surface area contributed by atoms with E-state index in [0.717, 1.165) is 32.7 Å². The zero-order valence-corrected chi connectivity index (χ0v) is 11.0. The van der Waals surface area contributed by atoms with E-state index in [9.17, 15) is 4.79 Å². The summed E-state index contributed by atoms with van der Waals surface area (Å²) < 4.78 is 0. The number of urea groups is 1. The highest BCUT2D eigenvalue weighted by Gasteiger charge is 2.29. The van der Waals surface area contributed by atoms with Crippen molar-refractivity contribution in [3.8, 4) is 0 Å². The summed E-state index contributed by atoms with van der Waals surface area (Å²) in [5.41, 5.74) is 0. The molecule has 102 valence electrons. The first-order chi connectivity index (χ1) is 8.83. The molecule has 1 unspecified atom stereocenters. The lowest BCUT2D eigenvalue weighted by atomic mass is 10.1. The highest BCUT2D eigenvalue weighted by atomic mass is 16.2. The second-order valence-electron chi connectivity index (χ2n) is 5.75. The molecule has 3 fully saturated rings. The zero-order valence-electron chi connectivity index (χ0n) is 11.0. The first-order valence-electron chi connectivity index (χ1n) is 7.33. The van der Waals surface area contributed by atoms with Crippen LogP contribution in [0.4, 0.5) is 4.79 Å². The number of rotatable bonds is 2. The molecule has 3 rings (SSSR count). The van der Waals surface area contributed by atoms with Crippen LogP contribution in [0.15, 0.2) is 0 Å². The van der Waals surface area contributed by atoms with Gasteiger partial charge >= 0.3 is 6.03 Å². The molecule has 18 heavy (non-hydrogen) atoms. The Morgan fingerprint density at radius 3 is 2.50 bits per heavy atom. The lowest BCUT2D eigenvalue weighted by molar-refractivity contribution is 0.0959. The van der Waals surface area contributed by atoms with Crippen molar-refractivity contribution in [2.24, 2.45) is 0 Å². The highest BCUT2D eigenvalue weighted by Crippen LogP contribution is 2.19. The molecule has 1 atom stereocenters. The van der Waals surface area contributed by atoms with Crippen molar-refractivity contribution in [1.82, 2.24) is 20.4 Å². The number of piperidine rings is 1. The number of nitrogens with one attached hydrogen (secondary N) is 2. The van der Waals surface area contributed by atoms with Gasteiger partial charge in [-0.25, -0.2) is 4.79 Å². The Balaban J connectivity index is 1.43. The molecule has 0 bridgehead atoms. The maximum absolute atomic E-state index is 11.9. The van der Waals surface area contributed by atoms with Crippen molar-refractivity contribution in [3.63, 3.8) is 0 Å². The summed E-state index contributed by atoms with van der Waals surface area (Å²) in [4.78, 5) is 16.4. The molecule has 2 aliphatic heterocycles. The minimum absolute atomic E-state index is 0.152. The second kappa shape index (κ2) is 5.45. The summed E-state index contributed by atoms with van der Waals surface area (Å²) in [5.74, 6) is 0. The fourth-order valence-corrected chi connectivity index (χ4v) is 2.93. The molecular weight excluding hydrogens is 228 g/mol. The molecule has 1 aliphatic carbocycles. The van der Waals surface area contributed by atoms with Gasteiger partial charge in [-0.15, -0.1) is 0 Å². The van der Waals surface area contributed by atoms with Crippen LogP contribution in [0.25, 0.3) is 0 Å².